The van der Waals surface area contributed by atoms with Gasteiger partial charge < -0.3 is 10.0 Å². The molecule has 0 atom stereocenters. The molecular weight excluding hydrogens is 252 g/mol. The first-order valence-corrected chi connectivity index (χ1v) is 6.40. The molecule has 0 bridgehead atoms. The van der Waals surface area contributed by atoms with Crippen molar-refractivity contribution in [3.8, 4) is 6.07 Å². The summed E-state index contributed by atoms with van der Waals surface area (Å²) in [6.45, 7) is 1.24. The Balaban J connectivity index is 2.15. The molecule has 2 rings (SSSR count). The lowest BCUT2D eigenvalue weighted by atomic mass is 10.2. The first-order chi connectivity index (χ1) is 9.83. The van der Waals surface area contributed by atoms with Crippen LogP contribution >= 0.6 is 0 Å². The van der Waals surface area contributed by atoms with E-state index in [1.54, 1.807) is 12.4 Å². The highest BCUT2D eigenvalue weighted by atomic mass is 16.3. The Morgan fingerprint density at radius 2 is 2.10 bits per heavy atom. The number of nitrogens with zero attached hydrogens (tertiary/aromatic N) is 4. The van der Waals surface area contributed by atoms with Crippen LogP contribution in [0, 0.1) is 11.3 Å². The number of rotatable bonds is 6. The van der Waals surface area contributed by atoms with Crippen molar-refractivity contribution in [2.45, 2.75) is 19.6 Å². The maximum absolute atomic E-state index is 9.04. The van der Waals surface area contributed by atoms with Crippen LogP contribution < -0.4 is 4.90 Å². The molecule has 0 aliphatic carbocycles. The van der Waals surface area contributed by atoms with Crippen molar-refractivity contribution in [2.24, 2.45) is 0 Å². The van der Waals surface area contributed by atoms with Crippen molar-refractivity contribution in [3.05, 3.63) is 54.0 Å². The SMILES string of the molecule is N#CCCN(Cc1cccnc1)c1ccc(CO)cn1. The van der Waals surface area contributed by atoms with Crippen molar-refractivity contribution in [1.82, 2.24) is 9.97 Å². The van der Waals surface area contributed by atoms with Gasteiger partial charge in [0.25, 0.3) is 0 Å². The Hall–Kier alpha value is -2.45. The predicted molar refractivity (Wildman–Crippen MR) is 75.7 cm³/mol. The van der Waals surface area contributed by atoms with Crippen LogP contribution in [-0.4, -0.2) is 21.6 Å². The Morgan fingerprint density at radius 3 is 2.70 bits per heavy atom. The minimum absolute atomic E-state index is 0.0198. The minimum Gasteiger partial charge on any atom is -0.392 e. The molecule has 102 valence electrons. The van der Waals surface area contributed by atoms with Gasteiger partial charge in [-0.05, 0) is 23.3 Å². The maximum Gasteiger partial charge on any atom is 0.128 e. The van der Waals surface area contributed by atoms with Crippen LogP contribution in [0.3, 0.4) is 0 Å². The van der Waals surface area contributed by atoms with Crippen LogP contribution in [0.1, 0.15) is 17.5 Å². The van der Waals surface area contributed by atoms with E-state index in [0.717, 1.165) is 16.9 Å². The normalized spacial score (nSPS) is 10.0. The lowest BCUT2D eigenvalue weighted by Crippen LogP contribution is -2.24. The van der Waals surface area contributed by atoms with Crippen LogP contribution in [0.5, 0.6) is 0 Å². The Bertz CT molecular complexity index is 563. The summed E-state index contributed by atoms with van der Waals surface area (Å²) < 4.78 is 0. The summed E-state index contributed by atoms with van der Waals surface area (Å²) in [6, 6.07) is 9.73. The van der Waals surface area contributed by atoms with Gasteiger partial charge in [0.1, 0.15) is 5.82 Å². The molecule has 0 aromatic carbocycles. The topological polar surface area (TPSA) is 73.0 Å². The van der Waals surface area contributed by atoms with Crippen LogP contribution in [0.2, 0.25) is 0 Å². The first kappa shape index (κ1) is 14.0. The van der Waals surface area contributed by atoms with Crippen LogP contribution in [0.15, 0.2) is 42.9 Å². The third kappa shape index (κ3) is 3.77. The molecule has 0 unspecified atom stereocenters. The maximum atomic E-state index is 9.04. The molecule has 5 nitrogen and oxygen atoms in total. The highest BCUT2D eigenvalue weighted by Gasteiger charge is 2.08. The molecule has 0 saturated carbocycles. The molecule has 0 saturated heterocycles. The number of aromatic nitrogens is 2. The Labute approximate surface area is 118 Å². The third-order valence-corrected chi connectivity index (χ3v) is 2.91. The van der Waals surface area contributed by atoms with E-state index in [9.17, 15) is 0 Å². The monoisotopic (exact) mass is 268 g/mol. The fourth-order valence-corrected chi connectivity index (χ4v) is 1.87. The molecule has 0 fully saturated rings. The number of anilines is 1. The van der Waals surface area contributed by atoms with Gasteiger partial charge in [-0.3, -0.25) is 4.98 Å². The molecule has 5 heteroatoms. The standard InChI is InChI=1S/C15H16N4O/c16-6-2-8-19(11-13-3-1-7-17-9-13)15-5-4-14(12-20)10-18-15/h1,3-5,7,9-10,20H,2,8,11-12H2. The average Bonchev–Trinajstić information content (AvgIpc) is 2.52. The Morgan fingerprint density at radius 1 is 1.20 bits per heavy atom. The molecule has 0 aliphatic rings. The molecule has 2 aromatic rings. The molecule has 0 amide bonds. The molecular formula is C15H16N4O. The average molecular weight is 268 g/mol. The first-order valence-electron chi connectivity index (χ1n) is 6.40. The van der Waals surface area contributed by atoms with Gasteiger partial charge in [0, 0.05) is 31.7 Å². The molecule has 2 aromatic heterocycles. The number of hydrogen-bond acceptors (Lipinski definition) is 5. The van der Waals surface area contributed by atoms with Crippen molar-refractivity contribution in [1.29, 1.82) is 5.26 Å². The summed E-state index contributed by atoms with van der Waals surface area (Å²) in [4.78, 5) is 10.5. The van der Waals surface area contributed by atoms with Gasteiger partial charge in [-0.1, -0.05) is 12.1 Å². The summed E-state index contributed by atoms with van der Waals surface area (Å²) >= 11 is 0. The summed E-state index contributed by atoms with van der Waals surface area (Å²) in [5, 5.41) is 17.8. The second kappa shape index (κ2) is 7.22. The molecule has 1 N–H and O–H groups in total. The number of hydrogen-bond donors (Lipinski definition) is 1. The lowest BCUT2D eigenvalue weighted by Gasteiger charge is -2.22. The van der Waals surface area contributed by atoms with Gasteiger partial charge in [-0.15, -0.1) is 0 Å². The molecule has 0 spiro atoms. The number of aliphatic hydroxyl groups is 1. The van der Waals surface area contributed by atoms with E-state index in [1.807, 2.05) is 35.4 Å². The smallest absolute Gasteiger partial charge is 0.128 e. The number of nitriles is 1. The van der Waals surface area contributed by atoms with Crippen LogP contribution in [0.25, 0.3) is 0 Å². The van der Waals surface area contributed by atoms with E-state index in [2.05, 4.69) is 16.0 Å². The predicted octanol–water partition coefficient (Wildman–Crippen LogP) is 1.89. The van der Waals surface area contributed by atoms with Gasteiger partial charge >= 0.3 is 0 Å². The number of pyridine rings is 2. The van der Waals surface area contributed by atoms with E-state index in [-0.39, 0.29) is 6.61 Å². The quantitative estimate of drug-likeness (QED) is 0.866. The lowest BCUT2D eigenvalue weighted by molar-refractivity contribution is 0.281. The van der Waals surface area contributed by atoms with Gasteiger partial charge in [0.05, 0.1) is 19.1 Å². The van der Waals surface area contributed by atoms with E-state index >= 15 is 0 Å². The van der Waals surface area contributed by atoms with Crippen molar-refractivity contribution >= 4 is 5.82 Å². The van der Waals surface area contributed by atoms with Crippen molar-refractivity contribution in [2.75, 3.05) is 11.4 Å². The fourth-order valence-electron chi connectivity index (χ4n) is 1.87. The van der Waals surface area contributed by atoms with Crippen LogP contribution in [-0.2, 0) is 13.2 Å². The van der Waals surface area contributed by atoms with E-state index in [0.29, 0.717) is 19.5 Å². The van der Waals surface area contributed by atoms with Crippen molar-refractivity contribution < 1.29 is 5.11 Å². The van der Waals surface area contributed by atoms with Crippen molar-refractivity contribution in [3.63, 3.8) is 0 Å². The van der Waals surface area contributed by atoms with E-state index in [4.69, 9.17) is 10.4 Å². The summed E-state index contributed by atoms with van der Waals surface area (Å²) in [5.41, 5.74) is 1.84. The van der Waals surface area contributed by atoms with Gasteiger partial charge in [0.15, 0.2) is 0 Å². The second-order valence-corrected chi connectivity index (χ2v) is 4.37. The fraction of sp³-hybridized carbons (Fsp3) is 0.267. The Kier molecular flexibility index (Phi) is 5.04. The van der Waals surface area contributed by atoms with E-state index in [1.165, 1.54) is 0 Å². The van der Waals surface area contributed by atoms with E-state index < -0.39 is 0 Å². The van der Waals surface area contributed by atoms with Gasteiger partial charge in [-0.25, -0.2) is 4.98 Å². The summed E-state index contributed by atoms with van der Waals surface area (Å²) in [6.07, 6.45) is 5.63. The molecule has 0 aliphatic heterocycles. The summed E-state index contributed by atoms with van der Waals surface area (Å²) in [7, 11) is 0. The third-order valence-electron chi connectivity index (χ3n) is 2.91. The highest BCUT2D eigenvalue weighted by molar-refractivity contribution is 5.40. The highest BCUT2D eigenvalue weighted by Crippen LogP contribution is 2.15. The zero-order chi connectivity index (χ0) is 14.2. The molecule has 0 radical (unpaired) electrons. The second-order valence-electron chi connectivity index (χ2n) is 4.37. The van der Waals surface area contributed by atoms with Gasteiger partial charge in [0.2, 0.25) is 0 Å². The van der Waals surface area contributed by atoms with Gasteiger partial charge in [-0.2, -0.15) is 5.26 Å². The molecule has 20 heavy (non-hydrogen) atoms. The minimum atomic E-state index is -0.0198. The zero-order valence-electron chi connectivity index (χ0n) is 11.1. The van der Waals surface area contributed by atoms with Crippen LogP contribution in [0.4, 0.5) is 5.82 Å². The molecule has 2 heterocycles. The zero-order valence-corrected chi connectivity index (χ0v) is 11.1. The number of aliphatic hydroxyl groups excluding tert-OH is 1. The largest absolute Gasteiger partial charge is 0.392 e. The summed E-state index contributed by atoms with van der Waals surface area (Å²) in [5.74, 6) is 0.793.